The van der Waals surface area contributed by atoms with Gasteiger partial charge >= 0.3 is 11.9 Å². The molecule has 2 heterocycles. The summed E-state index contributed by atoms with van der Waals surface area (Å²) < 4.78 is 10.3. The van der Waals surface area contributed by atoms with Crippen molar-refractivity contribution >= 4 is 17.8 Å². The Kier molecular flexibility index (Phi) is 4.25. The van der Waals surface area contributed by atoms with Crippen LogP contribution in [0.25, 0.3) is 0 Å². The molecule has 22 heavy (non-hydrogen) atoms. The number of esters is 1. The summed E-state index contributed by atoms with van der Waals surface area (Å²) in [6.07, 6.45) is 1.20. The molecule has 1 aliphatic heterocycles. The molecule has 1 saturated heterocycles. The number of furan rings is 1. The molecule has 0 spiro atoms. The fourth-order valence-electron chi connectivity index (χ4n) is 2.33. The molecule has 0 radical (unpaired) electrons. The number of aromatic carboxylic acids is 1. The van der Waals surface area contributed by atoms with Gasteiger partial charge in [-0.2, -0.15) is 0 Å². The predicted octanol–water partition coefficient (Wildman–Crippen LogP) is 1.92. The third-order valence-electron chi connectivity index (χ3n) is 3.22. The summed E-state index contributed by atoms with van der Waals surface area (Å²) in [6.45, 7) is 5.69. The molecular formula is C15H19NO6. The highest BCUT2D eigenvalue weighted by molar-refractivity contribution is 5.96. The summed E-state index contributed by atoms with van der Waals surface area (Å²) in [7, 11) is 0. The number of carbonyl (C=O) groups excluding carboxylic acids is 2. The van der Waals surface area contributed by atoms with Crippen LogP contribution in [0.1, 0.15) is 54.7 Å². The summed E-state index contributed by atoms with van der Waals surface area (Å²) in [5.74, 6) is -2.60. The van der Waals surface area contributed by atoms with Gasteiger partial charge in [0.25, 0.3) is 5.91 Å². The molecule has 2 rings (SSSR count). The minimum atomic E-state index is -1.25. The number of ether oxygens (including phenoxy) is 1. The van der Waals surface area contributed by atoms with Crippen LogP contribution in [0.15, 0.2) is 16.5 Å². The van der Waals surface area contributed by atoms with Crippen molar-refractivity contribution in [2.45, 2.75) is 45.3 Å². The lowest BCUT2D eigenvalue weighted by molar-refractivity contribution is -0.159. The quantitative estimate of drug-likeness (QED) is 0.857. The smallest absolute Gasteiger partial charge is 0.371 e. The van der Waals surface area contributed by atoms with Gasteiger partial charge < -0.3 is 19.2 Å². The molecule has 0 saturated carbocycles. The number of nitrogens with zero attached hydrogens (tertiary/aromatic N) is 1. The van der Waals surface area contributed by atoms with Gasteiger partial charge in [-0.05, 0) is 45.7 Å². The van der Waals surface area contributed by atoms with E-state index < -0.39 is 29.5 Å². The van der Waals surface area contributed by atoms with E-state index in [0.717, 1.165) is 0 Å². The lowest BCUT2D eigenvalue weighted by Gasteiger charge is -2.26. The van der Waals surface area contributed by atoms with Gasteiger partial charge in [0.15, 0.2) is 5.76 Å². The van der Waals surface area contributed by atoms with Crippen molar-refractivity contribution in [1.29, 1.82) is 0 Å². The standard InChI is InChI=1S/C15H19NO6/c1-15(2,3)22-14(20)9-5-4-8-16(9)12(17)10-6-7-11(21-10)13(18)19/h6-7,9H,4-5,8H2,1-3H3,(H,18,19). The maximum Gasteiger partial charge on any atom is 0.371 e. The van der Waals surface area contributed by atoms with Crippen LogP contribution >= 0.6 is 0 Å². The average molecular weight is 309 g/mol. The molecular weight excluding hydrogens is 290 g/mol. The average Bonchev–Trinajstić information content (AvgIpc) is 3.05. The largest absolute Gasteiger partial charge is 0.475 e. The monoisotopic (exact) mass is 309 g/mol. The zero-order valence-corrected chi connectivity index (χ0v) is 12.8. The van der Waals surface area contributed by atoms with E-state index >= 15 is 0 Å². The highest BCUT2D eigenvalue weighted by Crippen LogP contribution is 2.24. The van der Waals surface area contributed by atoms with Crippen molar-refractivity contribution in [3.8, 4) is 0 Å². The van der Waals surface area contributed by atoms with Crippen molar-refractivity contribution in [2.75, 3.05) is 6.54 Å². The second-order valence-electron chi connectivity index (χ2n) is 6.16. The first-order chi connectivity index (χ1) is 10.2. The normalized spacial score (nSPS) is 18.3. The molecule has 1 amide bonds. The summed E-state index contributed by atoms with van der Waals surface area (Å²) in [5, 5.41) is 8.82. The number of rotatable bonds is 3. The van der Waals surface area contributed by atoms with E-state index in [0.29, 0.717) is 19.4 Å². The second kappa shape index (κ2) is 5.82. The van der Waals surface area contributed by atoms with Crippen molar-refractivity contribution in [2.24, 2.45) is 0 Å². The molecule has 1 unspecified atom stereocenters. The molecule has 1 aromatic rings. The van der Waals surface area contributed by atoms with E-state index in [9.17, 15) is 14.4 Å². The Bertz CT molecular complexity index is 597. The molecule has 1 atom stereocenters. The molecule has 0 aliphatic carbocycles. The minimum absolute atomic E-state index is 0.0899. The van der Waals surface area contributed by atoms with E-state index in [-0.39, 0.29) is 11.5 Å². The van der Waals surface area contributed by atoms with Crippen LogP contribution in [-0.4, -0.2) is 46.0 Å². The van der Waals surface area contributed by atoms with Crippen LogP contribution < -0.4 is 0 Å². The molecule has 0 aromatic carbocycles. The Morgan fingerprint density at radius 2 is 1.91 bits per heavy atom. The number of hydrogen-bond donors (Lipinski definition) is 1. The van der Waals surface area contributed by atoms with Crippen molar-refractivity contribution in [3.63, 3.8) is 0 Å². The zero-order valence-electron chi connectivity index (χ0n) is 12.8. The topological polar surface area (TPSA) is 97.0 Å². The molecule has 7 nitrogen and oxygen atoms in total. The Labute approximate surface area is 127 Å². The number of hydrogen-bond acceptors (Lipinski definition) is 5. The van der Waals surface area contributed by atoms with E-state index in [1.807, 2.05) is 0 Å². The molecule has 1 aromatic heterocycles. The fourth-order valence-corrected chi connectivity index (χ4v) is 2.33. The van der Waals surface area contributed by atoms with E-state index in [4.69, 9.17) is 14.3 Å². The number of likely N-dealkylation sites (tertiary alicyclic amines) is 1. The molecule has 1 aliphatic rings. The van der Waals surface area contributed by atoms with E-state index in [1.54, 1.807) is 20.8 Å². The third kappa shape index (κ3) is 3.47. The Balaban J connectivity index is 2.14. The maximum absolute atomic E-state index is 12.4. The maximum atomic E-state index is 12.4. The first-order valence-corrected chi connectivity index (χ1v) is 7.06. The molecule has 1 N–H and O–H groups in total. The molecule has 120 valence electrons. The second-order valence-corrected chi connectivity index (χ2v) is 6.16. The zero-order chi connectivity index (χ0) is 16.5. The first kappa shape index (κ1) is 16.1. The summed E-state index contributed by atoms with van der Waals surface area (Å²) in [5.41, 5.74) is -0.629. The number of carbonyl (C=O) groups is 3. The van der Waals surface area contributed by atoms with Gasteiger partial charge in [0.05, 0.1) is 0 Å². The molecule has 7 heteroatoms. The number of amides is 1. The van der Waals surface area contributed by atoms with Crippen molar-refractivity contribution in [1.82, 2.24) is 4.90 Å². The van der Waals surface area contributed by atoms with Crippen LogP contribution in [0.3, 0.4) is 0 Å². The van der Waals surface area contributed by atoms with Crippen molar-refractivity contribution < 1.29 is 28.6 Å². The predicted molar refractivity (Wildman–Crippen MR) is 75.6 cm³/mol. The Morgan fingerprint density at radius 3 is 2.45 bits per heavy atom. The third-order valence-corrected chi connectivity index (χ3v) is 3.22. The minimum Gasteiger partial charge on any atom is -0.475 e. The van der Waals surface area contributed by atoms with Crippen LogP contribution in [-0.2, 0) is 9.53 Å². The van der Waals surface area contributed by atoms with Gasteiger partial charge in [-0.15, -0.1) is 0 Å². The van der Waals surface area contributed by atoms with Crippen LogP contribution in [0.5, 0.6) is 0 Å². The van der Waals surface area contributed by atoms with Gasteiger partial charge in [-0.1, -0.05) is 0 Å². The van der Waals surface area contributed by atoms with Gasteiger partial charge in [-0.25, -0.2) is 9.59 Å². The van der Waals surface area contributed by atoms with E-state index in [2.05, 4.69) is 0 Å². The van der Waals surface area contributed by atoms with Crippen LogP contribution in [0, 0.1) is 0 Å². The summed E-state index contributed by atoms with van der Waals surface area (Å²) in [6, 6.07) is 1.86. The van der Waals surface area contributed by atoms with Crippen LogP contribution in [0.2, 0.25) is 0 Å². The van der Waals surface area contributed by atoms with Gasteiger partial charge in [0, 0.05) is 6.54 Å². The lowest BCUT2D eigenvalue weighted by atomic mass is 10.1. The lowest BCUT2D eigenvalue weighted by Crippen LogP contribution is -2.43. The molecule has 0 bridgehead atoms. The number of carboxylic acid groups (broad SMARTS) is 1. The first-order valence-electron chi connectivity index (χ1n) is 7.06. The van der Waals surface area contributed by atoms with Crippen LogP contribution in [0.4, 0.5) is 0 Å². The number of carboxylic acids is 1. The molecule has 1 fully saturated rings. The van der Waals surface area contributed by atoms with Gasteiger partial charge in [0.2, 0.25) is 5.76 Å². The SMILES string of the molecule is CC(C)(C)OC(=O)C1CCCN1C(=O)c1ccc(C(=O)O)o1. The summed E-state index contributed by atoms with van der Waals surface area (Å²) in [4.78, 5) is 36.7. The summed E-state index contributed by atoms with van der Waals surface area (Å²) >= 11 is 0. The van der Waals surface area contributed by atoms with E-state index in [1.165, 1.54) is 17.0 Å². The van der Waals surface area contributed by atoms with Gasteiger partial charge in [0.1, 0.15) is 11.6 Å². The Hall–Kier alpha value is -2.31. The highest BCUT2D eigenvalue weighted by Gasteiger charge is 2.38. The fraction of sp³-hybridized carbons (Fsp3) is 0.533. The Morgan fingerprint density at radius 1 is 1.27 bits per heavy atom. The highest BCUT2D eigenvalue weighted by atomic mass is 16.6. The van der Waals surface area contributed by atoms with Crippen molar-refractivity contribution in [3.05, 3.63) is 23.7 Å². The van der Waals surface area contributed by atoms with Gasteiger partial charge in [-0.3, -0.25) is 4.79 Å².